The number of nitrogens with one attached hydrogen (secondary N) is 1. The predicted molar refractivity (Wildman–Crippen MR) is 78.9 cm³/mol. The van der Waals surface area contributed by atoms with Crippen LogP contribution in [0.5, 0.6) is 0 Å². The molecule has 1 rings (SSSR count). The topological polar surface area (TPSA) is 116 Å². The summed E-state index contributed by atoms with van der Waals surface area (Å²) in [7, 11) is 0. The number of hydrogen-bond acceptors (Lipinski definition) is 6. The van der Waals surface area contributed by atoms with Crippen LogP contribution in [0.15, 0.2) is 0 Å². The van der Waals surface area contributed by atoms with Gasteiger partial charge in [0.05, 0.1) is 0 Å². The van der Waals surface area contributed by atoms with Crippen molar-refractivity contribution in [3.05, 3.63) is 0 Å². The maximum Gasteiger partial charge on any atom is 0.338 e. The maximum absolute atomic E-state index is 11.7. The summed E-state index contributed by atoms with van der Waals surface area (Å²) in [6.07, 6.45) is 1.39. The molecule has 1 heterocycles. The molecule has 1 saturated heterocycles. The Bertz CT molecular complexity index is 362. The fourth-order valence-corrected chi connectivity index (χ4v) is 2.39. The molecule has 1 amide bonds. The molecule has 4 N–H and O–H groups in total. The van der Waals surface area contributed by atoms with Gasteiger partial charge in [-0.25, -0.2) is 4.79 Å². The first kappa shape index (κ1) is 18.9. The first-order valence-corrected chi connectivity index (χ1v) is 8.01. The van der Waals surface area contributed by atoms with E-state index in [4.69, 9.17) is 0 Å². The van der Waals surface area contributed by atoms with Crippen molar-refractivity contribution in [2.45, 2.75) is 76.3 Å². The molecule has 128 valence electrons. The molecule has 1 aliphatic heterocycles. The lowest BCUT2D eigenvalue weighted by atomic mass is 10.1. The number of hydrogen-bond donors (Lipinski definition) is 4. The summed E-state index contributed by atoms with van der Waals surface area (Å²) >= 11 is 0. The van der Waals surface area contributed by atoms with Crippen LogP contribution >= 0.6 is 0 Å². The van der Waals surface area contributed by atoms with Gasteiger partial charge in [0, 0.05) is 6.54 Å². The summed E-state index contributed by atoms with van der Waals surface area (Å²) in [5, 5.41) is 31.1. The number of rotatable bonds is 10. The summed E-state index contributed by atoms with van der Waals surface area (Å²) in [5.74, 6) is -1.74. The molecule has 4 atom stereocenters. The van der Waals surface area contributed by atoms with Crippen LogP contribution in [0.4, 0.5) is 0 Å². The van der Waals surface area contributed by atoms with Gasteiger partial charge in [0.25, 0.3) is 5.91 Å². The minimum Gasteiger partial charge on any atom is -0.454 e. The lowest BCUT2D eigenvalue weighted by Gasteiger charge is -2.19. The van der Waals surface area contributed by atoms with Gasteiger partial charge >= 0.3 is 5.97 Å². The maximum atomic E-state index is 11.7. The minimum absolute atomic E-state index is 0.420. The average Bonchev–Trinajstić information content (AvgIpc) is 2.76. The number of amides is 1. The highest BCUT2D eigenvalue weighted by Gasteiger charge is 2.48. The van der Waals surface area contributed by atoms with E-state index in [9.17, 15) is 24.9 Å². The molecule has 7 nitrogen and oxygen atoms in total. The van der Waals surface area contributed by atoms with Gasteiger partial charge in [0.15, 0.2) is 18.3 Å². The van der Waals surface area contributed by atoms with Gasteiger partial charge in [0.1, 0.15) is 6.10 Å². The highest BCUT2D eigenvalue weighted by Crippen LogP contribution is 2.19. The zero-order valence-electron chi connectivity index (χ0n) is 13.0. The summed E-state index contributed by atoms with van der Waals surface area (Å²) in [4.78, 5) is 22.8. The van der Waals surface area contributed by atoms with Gasteiger partial charge < -0.3 is 25.4 Å². The SMILES string of the molecule is CCCCCCCCCNC(=O)[C@H](O)[C@H]1OC(=O)[C@@H](O)[C@H]1O. The first-order chi connectivity index (χ1) is 10.5. The van der Waals surface area contributed by atoms with Crippen molar-refractivity contribution in [2.24, 2.45) is 0 Å². The third kappa shape index (κ3) is 5.55. The van der Waals surface area contributed by atoms with E-state index in [-0.39, 0.29) is 0 Å². The largest absolute Gasteiger partial charge is 0.454 e. The van der Waals surface area contributed by atoms with Gasteiger partial charge in [-0.3, -0.25) is 4.79 Å². The van der Waals surface area contributed by atoms with E-state index in [1.807, 2.05) is 0 Å². The average molecular weight is 317 g/mol. The second-order valence-corrected chi connectivity index (χ2v) is 5.69. The molecule has 0 bridgehead atoms. The third-order valence-corrected chi connectivity index (χ3v) is 3.81. The van der Waals surface area contributed by atoms with Crippen molar-refractivity contribution in [3.63, 3.8) is 0 Å². The first-order valence-electron chi connectivity index (χ1n) is 8.01. The van der Waals surface area contributed by atoms with Crippen molar-refractivity contribution < 1.29 is 29.6 Å². The second-order valence-electron chi connectivity index (χ2n) is 5.69. The van der Waals surface area contributed by atoms with Crippen LogP contribution in [0.1, 0.15) is 51.9 Å². The van der Waals surface area contributed by atoms with E-state index in [0.29, 0.717) is 6.54 Å². The number of unbranched alkanes of at least 4 members (excludes halogenated alkanes) is 6. The molecule has 0 spiro atoms. The molecule has 0 aromatic rings. The molecule has 1 fully saturated rings. The molecule has 22 heavy (non-hydrogen) atoms. The van der Waals surface area contributed by atoms with Crippen LogP contribution in [0.3, 0.4) is 0 Å². The summed E-state index contributed by atoms with van der Waals surface area (Å²) < 4.78 is 4.60. The number of aliphatic hydroxyl groups excluding tert-OH is 3. The van der Waals surface area contributed by atoms with E-state index < -0.39 is 36.3 Å². The Kier molecular flexibility index (Phi) is 8.37. The number of aliphatic hydroxyl groups is 3. The highest BCUT2D eigenvalue weighted by atomic mass is 16.6. The summed E-state index contributed by atoms with van der Waals surface area (Å²) in [6, 6.07) is 0. The van der Waals surface area contributed by atoms with E-state index in [0.717, 1.165) is 19.3 Å². The molecular formula is C15H27NO6. The van der Waals surface area contributed by atoms with Crippen LogP contribution in [-0.2, 0) is 14.3 Å². The van der Waals surface area contributed by atoms with E-state index >= 15 is 0 Å². The standard InChI is InChI=1S/C15H27NO6/c1-2-3-4-5-6-7-8-9-16-14(20)12(19)13-10(17)11(18)15(21)22-13/h10-13,17-19H,2-9H2,1H3,(H,16,20)/t10-,11+,12-,13+/m1/s1. The Hall–Kier alpha value is -1.18. The molecule has 0 radical (unpaired) electrons. The Morgan fingerprint density at radius 2 is 1.77 bits per heavy atom. The fraction of sp³-hybridized carbons (Fsp3) is 0.867. The highest BCUT2D eigenvalue weighted by molar-refractivity contribution is 5.84. The van der Waals surface area contributed by atoms with E-state index in [2.05, 4.69) is 17.0 Å². The van der Waals surface area contributed by atoms with Crippen LogP contribution in [0, 0.1) is 0 Å². The van der Waals surface area contributed by atoms with Crippen molar-refractivity contribution in [2.75, 3.05) is 6.54 Å². The molecule has 0 saturated carbocycles. The molecule has 0 aromatic heterocycles. The lowest BCUT2D eigenvalue weighted by molar-refractivity contribution is -0.153. The van der Waals surface area contributed by atoms with Gasteiger partial charge in [0.2, 0.25) is 0 Å². The molecule has 1 aliphatic rings. The van der Waals surface area contributed by atoms with Crippen LogP contribution in [-0.4, -0.2) is 58.2 Å². The van der Waals surface area contributed by atoms with Crippen molar-refractivity contribution >= 4 is 11.9 Å². The van der Waals surface area contributed by atoms with Crippen LogP contribution < -0.4 is 5.32 Å². The normalized spacial score (nSPS) is 25.8. The van der Waals surface area contributed by atoms with Crippen molar-refractivity contribution in [1.82, 2.24) is 5.32 Å². The fourth-order valence-electron chi connectivity index (χ4n) is 2.39. The number of carbonyl (C=O) groups is 2. The monoisotopic (exact) mass is 317 g/mol. The minimum atomic E-state index is -1.71. The smallest absolute Gasteiger partial charge is 0.338 e. The predicted octanol–water partition coefficient (Wildman–Crippen LogP) is -0.139. The van der Waals surface area contributed by atoms with Gasteiger partial charge in [-0.15, -0.1) is 0 Å². The number of cyclic esters (lactones) is 1. The zero-order chi connectivity index (χ0) is 16.5. The second kappa shape index (κ2) is 9.76. The summed E-state index contributed by atoms with van der Waals surface area (Å²) in [6.45, 7) is 2.58. The molecule has 0 unspecified atom stereocenters. The molecular weight excluding hydrogens is 290 g/mol. The Labute approximate surface area is 130 Å². The van der Waals surface area contributed by atoms with Crippen LogP contribution in [0.2, 0.25) is 0 Å². The third-order valence-electron chi connectivity index (χ3n) is 3.81. The van der Waals surface area contributed by atoms with Gasteiger partial charge in [-0.2, -0.15) is 0 Å². The quantitative estimate of drug-likeness (QED) is 0.329. The van der Waals surface area contributed by atoms with Crippen molar-refractivity contribution in [3.8, 4) is 0 Å². The van der Waals surface area contributed by atoms with Gasteiger partial charge in [-0.05, 0) is 6.42 Å². The van der Waals surface area contributed by atoms with E-state index in [1.165, 1.54) is 25.7 Å². The van der Waals surface area contributed by atoms with E-state index in [1.54, 1.807) is 0 Å². The number of esters is 1. The molecule has 7 heteroatoms. The molecule has 0 aromatic carbocycles. The zero-order valence-corrected chi connectivity index (χ0v) is 13.0. The Morgan fingerprint density at radius 3 is 2.32 bits per heavy atom. The molecule has 0 aliphatic carbocycles. The summed E-state index contributed by atoms with van der Waals surface area (Å²) in [5.41, 5.74) is 0. The number of carbonyl (C=O) groups excluding carboxylic acids is 2. The van der Waals surface area contributed by atoms with Crippen molar-refractivity contribution in [1.29, 1.82) is 0 Å². The van der Waals surface area contributed by atoms with Gasteiger partial charge in [-0.1, -0.05) is 45.4 Å². The number of ether oxygens (including phenoxy) is 1. The van der Waals surface area contributed by atoms with Crippen LogP contribution in [0.25, 0.3) is 0 Å². The Balaban J connectivity index is 2.16. The lowest BCUT2D eigenvalue weighted by Crippen LogP contribution is -2.47. The Morgan fingerprint density at radius 1 is 1.18 bits per heavy atom.